The van der Waals surface area contributed by atoms with Crippen LogP contribution in [0.15, 0.2) is 53.3 Å². The van der Waals surface area contributed by atoms with Gasteiger partial charge in [-0.25, -0.2) is 4.98 Å². The molecule has 1 aromatic heterocycles. The van der Waals surface area contributed by atoms with Crippen LogP contribution in [0.5, 0.6) is 17.2 Å². The number of carbonyl (C=O) groups excluding carboxylic acids is 2. The van der Waals surface area contributed by atoms with Gasteiger partial charge in [0.25, 0.3) is 0 Å². The number of ether oxygens (including phenoxy) is 3. The predicted molar refractivity (Wildman–Crippen MR) is 180 cm³/mol. The molecule has 2 aliphatic rings. The number of benzene rings is 2. The number of rotatable bonds is 10. The summed E-state index contributed by atoms with van der Waals surface area (Å²) >= 11 is 0. The largest absolute Gasteiger partial charge is 0.493 e. The van der Waals surface area contributed by atoms with E-state index in [1.54, 1.807) is 33.5 Å². The van der Waals surface area contributed by atoms with Crippen molar-refractivity contribution in [1.29, 1.82) is 0 Å². The number of aryl methyl sites for hydroxylation is 1. The minimum absolute atomic E-state index is 0.0605. The van der Waals surface area contributed by atoms with Gasteiger partial charge in [0, 0.05) is 32.0 Å². The summed E-state index contributed by atoms with van der Waals surface area (Å²) in [7, 11) is 4.71. The van der Waals surface area contributed by atoms with Gasteiger partial charge in [-0.1, -0.05) is 18.2 Å². The van der Waals surface area contributed by atoms with Crippen LogP contribution < -0.4 is 30.3 Å². The van der Waals surface area contributed by atoms with Gasteiger partial charge in [0.15, 0.2) is 11.5 Å². The number of amides is 2. The number of para-hydroxylation sites is 2. The first-order chi connectivity index (χ1) is 22.8. The summed E-state index contributed by atoms with van der Waals surface area (Å²) in [5, 5.41) is 6.29. The van der Waals surface area contributed by atoms with Gasteiger partial charge in [-0.05, 0) is 79.1 Å². The lowest BCUT2D eigenvalue weighted by Gasteiger charge is -2.23. The fourth-order valence-corrected chi connectivity index (χ4v) is 6.94. The number of nitrogens with one attached hydrogen (secondary N) is 3. The highest BCUT2D eigenvalue weighted by Crippen LogP contribution is 2.50. The van der Waals surface area contributed by atoms with Crippen molar-refractivity contribution in [2.24, 2.45) is 0 Å². The van der Waals surface area contributed by atoms with Crippen LogP contribution in [0, 0.1) is 0 Å². The van der Waals surface area contributed by atoms with Gasteiger partial charge in [-0.15, -0.1) is 0 Å². The minimum Gasteiger partial charge on any atom is -0.493 e. The molecule has 2 atom stereocenters. The van der Waals surface area contributed by atoms with Crippen LogP contribution in [-0.4, -0.2) is 61.1 Å². The Morgan fingerprint density at radius 2 is 1.83 bits per heavy atom. The van der Waals surface area contributed by atoms with Crippen molar-refractivity contribution < 1.29 is 23.8 Å². The Kier molecular flexibility index (Phi) is 9.33. The number of carbonyl (C=O) groups is 2. The Morgan fingerprint density at radius 3 is 2.57 bits per heavy atom. The predicted octanol–water partition coefficient (Wildman–Crippen LogP) is 5.30. The molecule has 1 fully saturated rings. The molecular formula is C36H41N5O6. The number of H-pyrrole nitrogens is 1. The second kappa shape index (κ2) is 13.7. The Hall–Kier alpha value is -5.06. The summed E-state index contributed by atoms with van der Waals surface area (Å²) in [6.07, 6.45) is 3.92. The van der Waals surface area contributed by atoms with Crippen molar-refractivity contribution in [1.82, 2.24) is 20.2 Å². The highest BCUT2D eigenvalue weighted by molar-refractivity contribution is 5.84. The summed E-state index contributed by atoms with van der Waals surface area (Å²) in [5.74, 6) is 2.22. The molecule has 2 heterocycles. The molecule has 6 rings (SSSR count). The van der Waals surface area contributed by atoms with E-state index in [-0.39, 0.29) is 29.3 Å². The van der Waals surface area contributed by atoms with Crippen molar-refractivity contribution in [2.75, 3.05) is 39.7 Å². The number of aromatic nitrogens is 2. The third-order valence-electron chi connectivity index (χ3n) is 9.10. The van der Waals surface area contributed by atoms with Crippen LogP contribution in [0.1, 0.15) is 68.1 Å². The standard InChI is InChI=1S/C36H41N5O6/c1-21(42)38-25-15-13-22-19-31(45-2)34(46-3)35(47-4)33(22)23-14-16-28(30(43)20-24(23)25)37-17-7-12-32(44)41-18-8-11-29(41)36-39-26-9-5-6-10-27(26)40-36/h5-6,9-10,14,16,19-20,25,29H,7-8,11-13,15,17-18H2,1-4H3,(H,37,43)(H,38,42)(H,39,40). The maximum Gasteiger partial charge on any atom is 0.223 e. The molecule has 3 N–H and O–H groups in total. The lowest BCUT2D eigenvalue weighted by molar-refractivity contribution is -0.132. The van der Waals surface area contributed by atoms with Crippen molar-refractivity contribution in [2.45, 2.75) is 57.5 Å². The number of imidazole rings is 1. The average molecular weight is 640 g/mol. The number of fused-ring (bicyclic) bond motifs is 4. The molecule has 2 amide bonds. The Balaban J connectivity index is 1.22. The summed E-state index contributed by atoms with van der Waals surface area (Å²) < 4.78 is 17.1. The number of methoxy groups -OCH3 is 3. The van der Waals surface area contributed by atoms with Crippen LogP contribution >= 0.6 is 0 Å². The van der Waals surface area contributed by atoms with E-state index in [9.17, 15) is 14.4 Å². The molecule has 0 saturated carbocycles. The zero-order valence-electron chi connectivity index (χ0n) is 27.3. The van der Waals surface area contributed by atoms with Crippen molar-refractivity contribution in [3.63, 3.8) is 0 Å². The Bertz CT molecular complexity index is 1840. The maximum atomic E-state index is 13.6. The van der Waals surface area contributed by atoms with E-state index in [1.807, 2.05) is 41.3 Å². The van der Waals surface area contributed by atoms with Gasteiger partial charge in [-0.2, -0.15) is 0 Å². The fraction of sp³-hybridized carbons (Fsp3) is 0.389. The number of hydrogen-bond acceptors (Lipinski definition) is 8. The molecule has 1 saturated heterocycles. The van der Waals surface area contributed by atoms with Gasteiger partial charge in [0.2, 0.25) is 23.0 Å². The van der Waals surface area contributed by atoms with Gasteiger partial charge < -0.3 is 34.7 Å². The monoisotopic (exact) mass is 639 g/mol. The smallest absolute Gasteiger partial charge is 0.223 e. The van der Waals surface area contributed by atoms with E-state index < -0.39 is 0 Å². The molecule has 11 nitrogen and oxygen atoms in total. The summed E-state index contributed by atoms with van der Waals surface area (Å²) in [6, 6.07) is 14.6. The van der Waals surface area contributed by atoms with E-state index in [0.29, 0.717) is 67.3 Å². The molecule has 47 heavy (non-hydrogen) atoms. The third-order valence-corrected chi connectivity index (χ3v) is 9.10. The molecule has 1 aliphatic heterocycles. The molecule has 3 aromatic carbocycles. The molecule has 1 aliphatic carbocycles. The molecule has 11 heteroatoms. The number of likely N-dealkylation sites (tertiary alicyclic amines) is 1. The molecule has 0 spiro atoms. The number of hydrogen-bond donors (Lipinski definition) is 3. The first-order valence-corrected chi connectivity index (χ1v) is 16.1. The second-order valence-electron chi connectivity index (χ2n) is 12.0. The summed E-state index contributed by atoms with van der Waals surface area (Å²) in [4.78, 5) is 49.2. The van der Waals surface area contributed by atoms with Gasteiger partial charge in [0.1, 0.15) is 5.82 Å². The first-order valence-electron chi connectivity index (χ1n) is 16.1. The van der Waals surface area contributed by atoms with E-state index in [2.05, 4.69) is 15.6 Å². The average Bonchev–Trinajstić information content (AvgIpc) is 3.67. The lowest BCUT2D eigenvalue weighted by atomic mass is 9.95. The lowest BCUT2D eigenvalue weighted by Crippen LogP contribution is -2.31. The maximum absolute atomic E-state index is 13.6. The number of anilines is 1. The molecule has 0 radical (unpaired) electrons. The summed E-state index contributed by atoms with van der Waals surface area (Å²) in [6.45, 7) is 2.62. The molecular weight excluding hydrogens is 598 g/mol. The zero-order valence-corrected chi connectivity index (χ0v) is 27.3. The molecule has 0 bridgehead atoms. The quantitative estimate of drug-likeness (QED) is 0.199. The van der Waals surface area contributed by atoms with Crippen LogP contribution in [0.25, 0.3) is 22.2 Å². The van der Waals surface area contributed by atoms with E-state index >= 15 is 0 Å². The van der Waals surface area contributed by atoms with Crippen molar-refractivity contribution in [3.05, 3.63) is 75.7 Å². The molecule has 2 unspecified atom stereocenters. The van der Waals surface area contributed by atoms with E-state index in [4.69, 9.17) is 19.2 Å². The van der Waals surface area contributed by atoms with Crippen LogP contribution in [-0.2, 0) is 16.0 Å². The van der Waals surface area contributed by atoms with Crippen molar-refractivity contribution >= 4 is 28.5 Å². The third kappa shape index (κ3) is 6.34. The van der Waals surface area contributed by atoms with Crippen molar-refractivity contribution in [3.8, 4) is 28.4 Å². The minimum atomic E-state index is -0.387. The van der Waals surface area contributed by atoms with E-state index in [1.165, 1.54) is 6.92 Å². The first kappa shape index (κ1) is 31.9. The number of nitrogens with zero attached hydrogens (tertiary/aromatic N) is 2. The normalized spacial score (nSPS) is 17.0. The highest BCUT2D eigenvalue weighted by Gasteiger charge is 2.32. The topological polar surface area (TPSA) is 135 Å². The summed E-state index contributed by atoms with van der Waals surface area (Å²) in [5.41, 5.74) is 5.29. The molecule has 246 valence electrons. The zero-order chi connectivity index (χ0) is 33.1. The van der Waals surface area contributed by atoms with Gasteiger partial charge >= 0.3 is 0 Å². The fourth-order valence-electron chi connectivity index (χ4n) is 6.94. The van der Waals surface area contributed by atoms with Crippen LogP contribution in [0.4, 0.5) is 5.69 Å². The van der Waals surface area contributed by atoms with Crippen LogP contribution in [0.3, 0.4) is 0 Å². The second-order valence-corrected chi connectivity index (χ2v) is 12.0. The SMILES string of the molecule is COc1cc2c(c(OC)c1OC)-c1ccc(NCCCC(=O)N3CCCC3c3nc4ccccc4[nH]3)c(=O)cc1C(NC(C)=O)CC2. The van der Waals surface area contributed by atoms with Gasteiger partial charge in [0.05, 0.1) is 50.1 Å². The Labute approximate surface area is 273 Å². The Morgan fingerprint density at radius 1 is 1.02 bits per heavy atom. The number of aromatic amines is 1. The van der Waals surface area contributed by atoms with Crippen LogP contribution in [0.2, 0.25) is 0 Å². The van der Waals surface area contributed by atoms with E-state index in [0.717, 1.165) is 46.4 Å². The van der Waals surface area contributed by atoms with Gasteiger partial charge in [-0.3, -0.25) is 14.4 Å². The molecule has 4 aromatic rings. The highest BCUT2D eigenvalue weighted by atomic mass is 16.5.